The van der Waals surface area contributed by atoms with Gasteiger partial charge in [-0.3, -0.25) is 13.9 Å². The van der Waals surface area contributed by atoms with Gasteiger partial charge in [0.05, 0.1) is 21.5 Å². The number of ether oxygens (including phenoxy) is 2. The number of nitrogens with one attached hydrogen (secondary N) is 1. The topological polar surface area (TPSA) is 105 Å². The zero-order valence-electron chi connectivity index (χ0n) is 21.9. The first-order valence-corrected chi connectivity index (χ1v) is 14.8. The first-order chi connectivity index (χ1) is 18.0. The fourth-order valence-corrected chi connectivity index (χ4v) is 5.33. The summed E-state index contributed by atoms with van der Waals surface area (Å²) >= 11 is 12.3. The molecule has 0 bridgehead atoms. The van der Waals surface area contributed by atoms with Crippen molar-refractivity contribution in [2.75, 3.05) is 23.4 Å². The minimum Gasteiger partial charge on any atom is -0.454 e. The molecule has 2 aromatic carbocycles. The van der Waals surface area contributed by atoms with Gasteiger partial charge in [0.15, 0.2) is 11.5 Å². The highest BCUT2D eigenvalue weighted by molar-refractivity contribution is 7.92. The lowest BCUT2D eigenvalue weighted by atomic mass is 10.1. The van der Waals surface area contributed by atoms with E-state index in [1.807, 2.05) is 13.8 Å². The van der Waals surface area contributed by atoms with Crippen LogP contribution in [0.5, 0.6) is 11.5 Å². The van der Waals surface area contributed by atoms with Gasteiger partial charge in [0.25, 0.3) is 0 Å². The highest BCUT2D eigenvalue weighted by Crippen LogP contribution is 2.36. The van der Waals surface area contributed by atoms with E-state index in [9.17, 15) is 18.0 Å². The van der Waals surface area contributed by atoms with Gasteiger partial charge in [-0.15, -0.1) is 0 Å². The number of hydrogen-bond donors (Lipinski definition) is 1. The van der Waals surface area contributed by atoms with Crippen LogP contribution in [0.15, 0.2) is 36.4 Å². The van der Waals surface area contributed by atoms with E-state index in [4.69, 9.17) is 32.7 Å². The lowest BCUT2D eigenvalue weighted by molar-refractivity contribution is -0.140. The molecule has 1 heterocycles. The van der Waals surface area contributed by atoms with Crippen LogP contribution in [-0.2, 0) is 26.2 Å². The minimum absolute atomic E-state index is 0.0269. The molecule has 2 amide bonds. The second-order valence-corrected chi connectivity index (χ2v) is 12.0. The Bertz CT molecular complexity index is 1270. The van der Waals surface area contributed by atoms with Crippen LogP contribution in [0.25, 0.3) is 0 Å². The molecule has 2 aromatic rings. The van der Waals surface area contributed by atoms with Crippen LogP contribution in [0.4, 0.5) is 5.69 Å². The van der Waals surface area contributed by atoms with E-state index < -0.39 is 28.5 Å². The molecule has 2 atom stereocenters. The van der Waals surface area contributed by atoms with Gasteiger partial charge in [-0.1, -0.05) is 43.1 Å². The first-order valence-electron chi connectivity index (χ1n) is 12.4. The molecule has 3 rings (SSSR count). The Hall–Kier alpha value is -2.69. The van der Waals surface area contributed by atoms with Crippen LogP contribution in [0, 0.1) is 0 Å². The van der Waals surface area contributed by atoms with Gasteiger partial charge >= 0.3 is 0 Å². The number of rotatable bonds is 12. The summed E-state index contributed by atoms with van der Waals surface area (Å²) in [5.74, 6) is -0.214. The number of halogens is 2. The van der Waals surface area contributed by atoms with Gasteiger partial charge in [0.1, 0.15) is 12.6 Å². The third-order valence-electron chi connectivity index (χ3n) is 6.35. The SMILES string of the molecule is CC[C@@H](C)NC(=O)[C@H](CC)N(Cc1ccc(Cl)c(Cl)c1)C(=O)CN(c1ccc2c(c1)OCO2)S(=O)(=O)CC. The normalized spacial score (nSPS) is 14.1. The van der Waals surface area contributed by atoms with Gasteiger partial charge in [0, 0.05) is 18.7 Å². The van der Waals surface area contributed by atoms with Crippen LogP contribution in [0.1, 0.15) is 46.1 Å². The predicted molar refractivity (Wildman–Crippen MR) is 148 cm³/mol. The molecule has 0 fully saturated rings. The molecular formula is C26H33Cl2N3O6S. The highest BCUT2D eigenvalue weighted by atomic mass is 35.5. The molecule has 38 heavy (non-hydrogen) atoms. The van der Waals surface area contributed by atoms with Gasteiger partial charge in [-0.2, -0.15) is 0 Å². The Labute approximate surface area is 234 Å². The molecule has 208 valence electrons. The van der Waals surface area contributed by atoms with Crippen molar-refractivity contribution in [2.45, 2.75) is 59.2 Å². The van der Waals surface area contributed by atoms with E-state index in [2.05, 4.69) is 5.32 Å². The number of sulfonamides is 1. The summed E-state index contributed by atoms with van der Waals surface area (Å²) in [4.78, 5) is 28.5. The number of amides is 2. The van der Waals surface area contributed by atoms with Crippen molar-refractivity contribution in [3.05, 3.63) is 52.0 Å². The molecule has 9 nitrogen and oxygen atoms in total. The molecular weight excluding hydrogens is 553 g/mol. The monoisotopic (exact) mass is 585 g/mol. The number of benzene rings is 2. The smallest absolute Gasteiger partial charge is 0.244 e. The third kappa shape index (κ3) is 7.03. The van der Waals surface area contributed by atoms with Crippen molar-refractivity contribution in [2.24, 2.45) is 0 Å². The summed E-state index contributed by atoms with van der Waals surface area (Å²) in [5.41, 5.74) is 0.909. The zero-order chi connectivity index (χ0) is 28.0. The minimum atomic E-state index is -3.87. The van der Waals surface area contributed by atoms with Crippen molar-refractivity contribution in [3.8, 4) is 11.5 Å². The van der Waals surface area contributed by atoms with E-state index in [-0.39, 0.29) is 36.7 Å². The summed E-state index contributed by atoms with van der Waals surface area (Å²) < 4.78 is 38.0. The van der Waals surface area contributed by atoms with Gasteiger partial charge in [-0.05, 0) is 56.5 Å². The van der Waals surface area contributed by atoms with Crippen molar-refractivity contribution in [1.29, 1.82) is 0 Å². The Morgan fingerprint density at radius 3 is 2.34 bits per heavy atom. The quantitative estimate of drug-likeness (QED) is 0.390. The number of fused-ring (bicyclic) bond motifs is 1. The summed E-state index contributed by atoms with van der Waals surface area (Å²) in [6.07, 6.45) is 1.04. The number of anilines is 1. The average Bonchev–Trinajstić information content (AvgIpc) is 3.36. The maximum atomic E-state index is 13.9. The summed E-state index contributed by atoms with van der Waals surface area (Å²) in [7, 11) is -3.87. The maximum absolute atomic E-state index is 13.9. The molecule has 0 aromatic heterocycles. The number of nitrogens with zero attached hydrogens (tertiary/aromatic N) is 2. The van der Waals surface area contributed by atoms with Crippen molar-refractivity contribution < 1.29 is 27.5 Å². The van der Waals surface area contributed by atoms with Gasteiger partial charge in [-0.25, -0.2) is 8.42 Å². The standard InChI is InChI=1S/C26H33Cl2N3O6S/c1-5-17(4)29-26(33)22(6-2)30(14-18-8-10-20(27)21(28)12-18)25(32)15-31(38(34,35)7-3)19-9-11-23-24(13-19)37-16-36-23/h8-13,17,22H,5-7,14-16H2,1-4H3,(H,29,33)/t17-,22+/m1/s1. The Morgan fingerprint density at radius 2 is 1.71 bits per heavy atom. The van der Waals surface area contributed by atoms with Crippen LogP contribution >= 0.6 is 23.2 Å². The lowest BCUT2D eigenvalue weighted by Gasteiger charge is -2.33. The van der Waals surface area contributed by atoms with Crippen molar-refractivity contribution >= 4 is 50.7 Å². The molecule has 0 unspecified atom stereocenters. The maximum Gasteiger partial charge on any atom is 0.244 e. The predicted octanol–water partition coefficient (Wildman–Crippen LogP) is 4.60. The Kier molecular flexibility index (Phi) is 10.1. The molecule has 1 aliphatic heterocycles. The highest BCUT2D eigenvalue weighted by Gasteiger charge is 2.33. The Balaban J connectivity index is 1.99. The molecule has 12 heteroatoms. The molecule has 0 aliphatic carbocycles. The van der Waals surface area contributed by atoms with Crippen molar-refractivity contribution in [3.63, 3.8) is 0 Å². The molecule has 1 N–H and O–H groups in total. The fraction of sp³-hybridized carbons (Fsp3) is 0.462. The van der Waals surface area contributed by atoms with E-state index >= 15 is 0 Å². The van der Waals surface area contributed by atoms with E-state index in [0.29, 0.717) is 33.5 Å². The third-order valence-corrected chi connectivity index (χ3v) is 8.83. The number of hydrogen-bond acceptors (Lipinski definition) is 6. The number of carbonyl (C=O) groups is 2. The van der Waals surface area contributed by atoms with Gasteiger partial charge < -0.3 is 19.7 Å². The molecule has 0 saturated heterocycles. The number of carbonyl (C=O) groups excluding carboxylic acids is 2. The average molecular weight is 587 g/mol. The van der Waals surface area contributed by atoms with Gasteiger partial charge in [0.2, 0.25) is 28.6 Å². The lowest BCUT2D eigenvalue weighted by Crippen LogP contribution is -2.53. The van der Waals surface area contributed by atoms with E-state index in [1.54, 1.807) is 37.3 Å². The van der Waals surface area contributed by atoms with Crippen LogP contribution in [-0.4, -0.2) is 56.3 Å². The molecule has 1 aliphatic rings. The largest absolute Gasteiger partial charge is 0.454 e. The fourth-order valence-electron chi connectivity index (χ4n) is 3.96. The van der Waals surface area contributed by atoms with Crippen LogP contribution < -0.4 is 19.1 Å². The molecule has 0 saturated carbocycles. The zero-order valence-corrected chi connectivity index (χ0v) is 24.2. The summed E-state index contributed by atoms with van der Waals surface area (Å²) in [6, 6.07) is 8.71. The second kappa shape index (κ2) is 12.9. The van der Waals surface area contributed by atoms with E-state index in [1.165, 1.54) is 17.9 Å². The Morgan fingerprint density at radius 1 is 1.00 bits per heavy atom. The molecule has 0 spiro atoms. The first kappa shape index (κ1) is 29.9. The van der Waals surface area contributed by atoms with E-state index in [0.717, 1.165) is 10.7 Å². The molecule has 0 radical (unpaired) electrons. The van der Waals surface area contributed by atoms with Crippen LogP contribution in [0.3, 0.4) is 0 Å². The van der Waals surface area contributed by atoms with Crippen molar-refractivity contribution in [1.82, 2.24) is 10.2 Å². The second-order valence-electron chi connectivity index (χ2n) is 8.96. The summed E-state index contributed by atoms with van der Waals surface area (Å²) in [6.45, 7) is 6.68. The van der Waals surface area contributed by atoms with Crippen LogP contribution in [0.2, 0.25) is 10.0 Å². The summed E-state index contributed by atoms with van der Waals surface area (Å²) in [5, 5.41) is 3.60.